The Morgan fingerprint density at radius 3 is 2.58 bits per heavy atom. The molecule has 0 radical (unpaired) electrons. The van der Waals surface area contributed by atoms with Crippen LogP contribution in [0.1, 0.15) is 26.3 Å². The second-order valence-corrected chi connectivity index (χ2v) is 8.49. The van der Waals surface area contributed by atoms with Crippen LogP contribution in [0.3, 0.4) is 0 Å². The standard InChI is InChI=1S/C25H18Cl2N4O2/c26-17-7-10-19(21(27)13-17)24(32)29-18-8-5-15(6-9-18)25(33)31-12-11-16-14-28-30-23(16)20-3-1-2-4-22(20)31/h1-10,13-14H,11-12H2,(H,28,30)(H,29,32). The Labute approximate surface area is 200 Å². The number of fused-ring (bicyclic) bond motifs is 3. The number of rotatable bonds is 3. The highest BCUT2D eigenvalue weighted by Gasteiger charge is 2.26. The van der Waals surface area contributed by atoms with E-state index in [4.69, 9.17) is 23.2 Å². The molecule has 0 spiro atoms. The summed E-state index contributed by atoms with van der Waals surface area (Å²) in [6.45, 7) is 0.538. The lowest BCUT2D eigenvalue weighted by molar-refractivity contribution is 0.0986. The van der Waals surface area contributed by atoms with Gasteiger partial charge in [0, 0.05) is 28.4 Å². The Hall–Kier alpha value is -3.61. The van der Waals surface area contributed by atoms with Crippen LogP contribution in [0.15, 0.2) is 72.9 Å². The fourth-order valence-electron chi connectivity index (χ4n) is 3.94. The van der Waals surface area contributed by atoms with E-state index in [1.165, 1.54) is 6.07 Å². The van der Waals surface area contributed by atoms with Crippen molar-refractivity contribution >= 4 is 46.4 Å². The number of carbonyl (C=O) groups excluding carboxylic acids is 2. The number of nitrogens with one attached hydrogen (secondary N) is 2. The molecule has 164 valence electrons. The summed E-state index contributed by atoms with van der Waals surface area (Å²) in [6.07, 6.45) is 2.51. The number of carbonyl (C=O) groups is 2. The Morgan fingerprint density at radius 1 is 1.00 bits per heavy atom. The summed E-state index contributed by atoms with van der Waals surface area (Å²) in [4.78, 5) is 27.7. The van der Waals surface area contributed by atoms with Crippen molar-refractivity contribution in [3.05, 3.63) is 99.7 Å². The van der Waals surface area contributed by atoms with Gasteiger partial charge in [-0.2, -0.15) is 5.10 Å². The largest absolute Gasteiger partial charge is 0.322 e. The summed E-state index contributed by atoms with van der Waals surface area (Å²) in [7, 11) is 0. The molecule has 5 rings (SSSR count). The van der Waals surface area contributed by atoms with Gasteiger partial charge in [-0.25, -0.2) is 0 Å². The summed E-state index contributed by atoms with van der Waals surface area (Å²) >= 11 is 12.0. The van der Waals surface area contributed by atoms with Crippen molar-refractivity contribution in [1.82, 2.24) is 10.2 Å². The van der Waals surface area contributed by atoms with Crippen LogP contribution in [-0.4, -0.2) is 28.6 Å². The first-order chi connectivity index (χ1) is 16.0. The van der Waals surface area contributed by atoms with Gasteiger partial charge in [-0.1, -0.05) is 41.4 Å². The lowest BCUT2D eigenvalue weighted by Crippen LogP contribution is -2.32. The van der Waals surface area contributed by atoms with Gasteiger partial charge in [0.05, 0.1) is 28.2 Å². The smallest absolute Gasteiger partial charge is 0.258 e. The highest BCUT2D eigenvalue weighted by Crippen LogP contribution is 2.35. The van der Waals surface area contributed by atoms with Gasteiger partial charge in [-0.15, -0.1) is 0 Å². The number of aromatic amines is 1. The second kappa shape index (κ2) is 8.73. The van der Waals surface area contributed by atoms with Crippen LogP contribution in [0.5, 0.6) is 0 Å². The van der Waals surface area contributed by atoms with E-state index in [9.17, 15) is 9.59 Å². The quantitative estimate of drug-likeness (QED) is 0.389. The normalized spacial score (nSPS) is 12.5. The van der Waals surface area contributed by atoms with E-state index >= 15 is 0 Å². The van der Waals surface area contributed by atoms with Gasteiger partial charge in [-0.3, -0.25) is 14.7 Å². The fraction of sp³-hybridized carbons (Fsp3) is 0.0800. The SMILES string of the molecule is O=C(Nc1ccc(C(=O)N2CCc3cn[nH]c3-c3ccccc32)cc1)c1ccc(Cl)cc1Cl. The zero-order valence-corrected chi connectivity index (χ0v) is 18.8. The van der Waals surface area contributed by atoms with Crippen LogP contribution in [0, 0.1) is 0 Å². The monoisotopic (exact) mass is 476 g/mol. The second-order valence-electron chi connectivity index (χ2n) is 7.65. The summed E-state index contributed by atoms with van der Waals surface area (Å²) in [5, 5.41) is 10.7. The summed E-state index contributed by atoms with van der Waals surface area (Å²) in [6, 6.07) is 19.3. The number of para-hydroxylation sites is 1. The van der Waals surface area contributed by atoms with Gasteiger partial charge in [0.25, 0.3) is 11.8 Å². The topological polar surface area (TPSA) is 78.1 Å². The number of halogens is 2. The molecule has 1 aliphatic heterocycles. The summed E-state index contributed by atoms with van der Waals surface area (Å²) in [5.41, 5.74) is 5.20. The maximum Gasteiger partial charge on any atom is 0.258 e. The third kappa shape index (κ3) is 4.11. The van der Waals surface area contributed by atoms with Gasteiger partial charge < -0.3 is 10.2 Å². The zero-order chi connectivity index (χ0) is 22.9. The third-order valence-electron chi connectivity index (χ3n) is 5.60. The van der Waals surface area contributed by atoms with Gasteiger partial charge in [0.15, 0.2) is 0 Å². The number of hydrogen-bond acceptors (Lipinski definition) is 3. The third-order valence-corrected chi connectivity index (χ3v) is 6.15. The number of nitrogens with zero attached hydrogens (tertiary/aromatic N) is 2. The molecular formula is C25H18Cl2N4O2. The number of anilines is 2. The van der Waals surface area contributed by atoms with Gasteiger partial charge in [0.2, 0.25) is 0 Å². The minimum Gasteiger partial charge on any atom is -0.322 e. The fourth-order valence-corrected chi connectivity index (χ4v) is 4.44. The molecule has 2 N–H and O–H groups in total. The van der Waals surface area contributed by atoms with Crippen LogP contribution in [0.2, 0.25) is 10.0 Å². The van der Waals surface area contributed by atoms with Crippen molar-refractivity contribution in [3.63, 3.8) is 0 Å². The van der Waals surface area contributed by atoms with E-state index in [1.54, 1.807) is 41.3 Å². The van der Waals surface area contributed by atoms with E-state index in [0.29, 0.717) is 34.8 Å². The number of aromatic nitrogens is 2. The van der Waals surface area contributed by atoms with Gasteiger partial charge in [-0.05, 0) is 60.5 Å². The number of benzene rings is 3. The Kier molecular flexibility index (Phi) is 5.62. The molecule has 0 bridgehead atoms. The maximum atomic E-state index is 13.4. The number of amides is 2. The van der Waals surface area contributed by atoms with E-state index in [2.05, 4.69) is 15.5 Å². The van der Waals surface area contributed by atoms with Gasteiger partial charge in [0.1, 0.15) is 0 Å². The molecule has 6 nitrogen and oxygen atoms in total. The average Bonchev–Trinajstić information content (AvgIpc) is 3.22. The first kappa shape index (κ1) is 21.2. The lowest BCUT2D eigenvalue weighted by Gasteiger charge is -2.23. The van der Waals surface area contributed by atoms with Crippen LogP contribution < -0.4 is 10.2 Å². The summed E-state index contributed by atoms with van der Waals surface area (Å²) in [5.74, 6) is -0.467. The molecule has 0 fully saturated rings. The number of H-pyrrole nitrogens is 1. The molecule has 4 aromatic rings. The first-order valence-corrected chi connectivity index (χ1v) is 11.1. The summed E-state index contributed by atoms with van der Waals surface area (Å²) < 4.78 is 0. The molecular weight excluding hydrogens is 459 g/mol. The Bertz CT molecular complexity index is 1370. The first-order valence-electron chi connectivity index (χ1n) is 10.3. The van der Waals surface area contributed by atoms with Crippen LogP contribution >= 0.6 is 23.2 Å². The molecule has 0 aliphatic carbocycles. The van der Waals surface area contributed by atoms with Crippen molar-refractivity contribution in [2.75, 3.05) is 16.8 Å². The van der Waals surface area contributed by atoms with Crippen LogP contribution in [0.4, 0.5) is 11.4 Å². The maximum absolute atomic E-state index is 13.4. The predicted molar refractivity (Wildman–Crippen MR) is 130 cm³/mol. The Morgan fingerprint density at radius 2 is 1.79 bits per heavy atom. The Balaban J connectivity index is 1.37. The molecule has 33 heavy (non-hydrogen) atoms. The molecule has 2 amide bonds. The van der Waals surface area contributed by atoms with Crippen LogP contribution in [-0.2, 0) is 6.42 Å². The van der Waals surface area contributed by atoms with Crippen LogP contribution in [0.25, 0.3) is 11.3 Å². The molecule has 0 unspecified atom stereocenters. The molecule has 0 saturated carbocycles. The molecule has 0 saturated heterocycles. The van der Waals surface area contributed by atoms with Gasteiger partial charge >= 0.3 is 0 Å². The molecule has 1 aromatic heterocycles. The van der Waals surface area contributed by atoms with Crippen molar-refractivity contribution in [2.45, 2.75) is 6.42 Å². The van der Waals surface area contributed by atoms with E-state index in [0.717, 1.165) is 22.5 Å². The molecule has 0 atom stereocenters. The highest BCUT2D eigenvalue weighted by atomic mass is 35.5. The van der Waals surface area contributed by atoms with Crippen molar-refractivity contribution < 1.29 is 9.59 Å². The average molecular weight is 477 g/mol. The van der Waals surface area contributed by atoms with E-state index in [1.807, 2.05) is 30.5 Å². The van der Waals surface area contributed by atoms with Crippen molar-refractivity contribution in [2.24, 2.45) is 0 Å². The predicted octanol–water partition coefficient (Wildman–Crippen LogP) is 5.84. The zero-order valence-electron chi connectivity index (χ0n) is 17.3. The van der Waals surface area contributed by atoms with Crippen molar-refractivity contribution in [3.8, 4) is 11.3 Å². The van der Waals surface area contributed by atoms with E-state index in [-0.39, 0.29) is 16.8 Å². The molecule has 2 heterocycles. The molecule has 1 aliphatic rings. The minimum absolute atomic E-state index is 0.112. The number of hydrogen-bond donors (Lipinski definition) is 2. The lowest BCUT2D eigenvalue weighted by atomic mass is 10.1. The highest BCUT2D eigenvalue weighted by molar-refractivity contribution is 6.37. The molecule has 3 aromatic carbocycles. The minimum atomic E-state index is -0.355. The van der Waals surface area contributed by atoms with E-state index < -0.39 is 0 Å². The van der Waals surface area contributed by atoms with Crippen molar-refractivity contribution in [1.29, 1.82) is 0 Å². The molecule has 8 heteroatoms.